The number of rotatable bonds is 7. The van der Waals surface area contributed by atoms with Crippen molar-refractivity contribution in [1.82, 2.24) is 9.47 Å². The molecule has 7 heteroatoms. The number of hydrogen-bond acceptors (Lipinski definition) is 4. The van der Waals surface area contributed by atoms with Crippen LogP contribution in [0.1, 0.15) is 34.5 Å². The van der Waals surface area contributed by atoms with Gasteiger partial charge in [-0.1, -0.05) is 12.1 Å². The number of nitrogens with zero attached hydrogens (tertiary/aromatic N) is 3. The topological polar surface area (TPSA) is 61.1 Å². The van der Waals surface area contributed by atoms with Gasteiger partial charge in [0.1, 0.15) is 17.7 Å². The lowest BCUT2D eigenvalue weighted by molar-refractivity contribution is -0.117. The summed E-state index contributed by atoms with van der Waals surface area (Å²) in [6.07, 6.45) is 2.19. The summed E-state index contributed by atoms with van der Waals surface area (Å²) in [5.41, 5.74) is 2.55. The van der Waals surface area contributed by atoms with E-state index in [2.05, 4.69) is 22.4 Å². The van der Waals surface area contributed by atoms with Crippen LogP contribution in [-0.4, -0.2) is 28.0 Å². The van der Waals surface area contributed by atoms with Gasteiger partial charge in [-0.3, -0.25) is 14.3 Å². The van der Waals surface area contributed by atoms with Gasteiger partial charge in [0.05, 0.1) is 17.8 Å². The molecule has 1 aromatic carbocycles. The van der Waals surface area contributed by atoms with E-state index in [1.807, 2.05) is 25.3 Å². The van der Waals surface area contributed by atoms with E-state index in [-0.39, 0.29) is 18.3 Å². The van der Waals surface area contributed by atoms with Crippen molar-refractivity contribution in [2.45, 2.75) is 39.3 Å². The fraction of sp³-hybridized carbons (Fsp3) is 0.304. The molecule has 0 saturated heterocycles. The maximum absolute atomic E-state index is 13.8. The zero-order valence-corrected chi connectivity index (χ0v) is 17.8. The third kappa shape index (κ3) is 4.16. The molecule has 1 N–H and O–H groups in total. The average Bonchev–Trinajstić information content (AvgIpc) is 3.39. The van der Waals surface area contributed by atoms with Crippen molar-refractivity contribution in [2.24, 2.45) is 0 Å². The summed E-state index contributed by atoms with van der Waals surface area (Å²) in [5.74, 6) is -0.148. The highest BCUT2D eigenvalue weighted by atomic mass is 32.1. The molecule has 0 radical (unpaired) electrons. The molecule has 1 aliphatic carbocycles. The molecule has 1 fully saturated rings. The molecule has 0 spiro atoms. The Hall–Kier alpha value is -2.95. The van der Waals surface area contributed by atoms with Gasteiger partial charge in [-0.15, -0.1) is 11.3 Å². The maximum atomic E-state index is 13.8. The van der Waals surface area contributed by atoms with E-state index >= 15 is 0 Å². The van der Waals surface area contributed by atoms with Crippen molar-refractivity contribution in [1.29, 1.82) is 5.26 Å². The van der Waals surface area contributed by atoms with Crippen molar-refractivity contribution >= 4 is 23.1 Å². The van der Waals surface area contributed by atoms with Crippen LogP contribution in [0.5, 0.6) is 0 Å². The number of benzene rings is 1. The molecule has 1 amide bonds. The lowest BCUT2D eigenvalue weighted by Gasteiger charge is -2.21. The summed E-state index contributed by atoms with van der Waals surface area (Å²) < 4.78 is 15.6. The van der Waals surface area contributed by atoms with E-state index in [9.17, 15) is 14.4 Å². The van der Waals surface area contributed by atoms with Crippen LogP contribution in [0.15, 0.2) is 41.8 Å². The molecule has 2 heterocycles. The van der Waals surface area contributed by atoms with E-state index in [1.54, 1.807) is 28.0 Å². The van der Waals surface area contributed by atoms with Gasteiger partial charge in [0.25, 0.3) is 0 Å². The molecule has 154 valence electrons. The summed E-state index contributed by atoms with van der Waals surface area (Å²) in [4.78, 5) is 16.4. The Bertz CT molecular complexity index is 1110. The standard InChI is InChI=1S/C23H23FN4OS/c1-15-16(2)28(19-6-3-5-17(24)11-19)23(21(15)12-25)26-22(29)14-27(18-8-9-18)13-20-7-4-10-30-20/h3-7,10-11,18H,8-9,13-14H2,1-2H3,(H,26,29). The molecular weight excluding hydrogens is 399 g/mol. The van der Waals surface area contributed by atoms with Gasteiger partial charge in [-0.2, -0.15) is 5.26 Å². The van der Waals surface area contributed by atoms with Crippen LogP contribution in [0.3, 0.4) is 0 Å². The maximum Gasteiger partial charge on any atom is 0.239 e. The van der Waals surface area contributed by atoms with Gasteiger partial charge < -0.3 is 5.32 Å². The summed E-state index contributed by atoms with van der Waals surface area (Å²) in [5, 5.41) is 14.7. The monoisotopic (exact) mass is 422 g/mol. The highest BCUT2D eigenvalue weighted by Crippen LogP contribution is 2.31. The first-order chi connectivity index (χ1) is 14.5. The number of nitrogens with one attached hydrogen (secondary N) is 1. The van der Waals surface area contributed by atoms with Gasteiger partial charge in [0.2, 0.25) is 5.91 Å². The number of carbonyl (C=O) groups is 1. The Morgan fingerprint density at radius 1 is 1.33 bits per heavy atom. The Labute approximate surface area is 179 Å². The van der Waals surface area contributed by atoms with Crippen LogP contribution in [0.4, 0.5) is 10.2 Å². The first-order valence-electron chi connectivity index (χ1n) is 9.92. The Kier molecular flexibility index (Phi) is 5.71. The fourth-order valence-electron chi connectivity index (χ4n) is 3.71. The van der Waals surface area contributed by atoms with E-state index < -0.39 is 0 Å². The second-order valence-electron chi connectivity index (χ2n) is 7.62. The summed E-state index contributed by atoms with van der Waals surface area (Å²) in [6, 6.07) is 12.9. The van der Waals surface area contributed by atoms with E-state index in [0.29, 0.717) is 23.1 Å². The van der Waals surface area contributed by atoms with Crippen LogP contribution in [0.25, 0.3) is 5.69 Å². The van der Waals surface area contributed by atoms with Crippen molar-refractivity contribution in [3.63, 3.8) is 0 Å². The highest BCUT2D eigenvalue weighted by Gasteiger charge is 2.31. The van der Waals surface area contributed by atoms with Crippen molar-refractivity contribution in [3.05, 3.63) is 69.3 Å². The predicted octanol–water partition coefficient (Wildman–Crippen LogP) is 4.77. The molecule has 2 aromatic heterocycles. The van der Waals surface area contributed by atoms with E-state index in [0.717, 1.165) is 30.6 Å². The average molecular weight is 423 g/mol. The first-order valence-corrected chi connectivity index (χ1v) is 10.8. The molecular formula is C23H23FN4OS. The van der Waals surface area contributed by atoms with Crippen LogP contribution in [0, 0.1) is 31.0 Å². The number of aromatic nitrogens is 1. The fourth-order valence-corrected chi connectivity index (χ4v) is 4.44. The summed E-state index contributed by atoms with van der Waals surface area (Å²) in [6.45, 7) is 4.69. The Morgan fingerprint density at radius 3 is 2.77 bits per heavy atom. The van der Waals surface area contributed by atoms with Crippen molar-refractivity contribution < 1.29 is 9.18 Å². The summed E-state index contributed by atoms with van der Waals surface area (Å²) >= 11 is 1.68. The zero-order chi connectivity index (χ0) is 21.3. The van der Waals surface area contributed by atoms with Crippen LogP contribution in [-0.2, 0) is 11.3 Å². The highest BCUT2D eigenvalue weighted by molar-refractivity contribution is 7.09. The van der Waals surface area contributed by atoms with Crippen molar-refractivity contribution in [2.75, 3.05) is 11.9 Å². The Balaban J connectivity index is 1.61. The van der Waals surface area contributed by atoms with Crippen LogP contribution < -0.4 is 5.32 Å². The molecule has 3 aromatic rings. The van der Waals surface area contributed by atoms with E-state index in [1.165, 1.54) is 17.0 Å². The number of amides is 1. The number of halogens is 1. The largest absolute Gasteiger partial charge is 0.310 e. The number of carbonyl (C=O) groups excluding carboxylic acids is 1. The molecule has 0 bridgehead atoms. The predicted molar refractivity (Wildman–Crippen MR) is 116 cm³/mol. The molecule has 4 rings (SSSR count). The molecule has 5 nitrogen and oxygen atoms in total. The normalized spacial score (nSPS) is 13.4. The number of hydrogen-bond donors (Lipinski definition) is 1. The molecule has 0 unspecified atom stereocenters. The smallest absolute Gasteiger partial charge is 0.239 e. The van der Waals surface area contributed by atoms with Crippen molar-refractivity contribution in [3.8, 4) is 11.8 Å². The van der Waals surface area contributed by atoms with Gasteiger partial charge in [0, 0.05) is 23.2 Å². The number of nitriles is 1. The lowest BCUT2D eigenvalue weighted by atomic mass is 10.2. The number of anilines is 1. The first kappa shape index (κ1) is 20.3. The van der Waals surface area contributed by atoms with Gasteiger partial charge >= 0.3 is 0 Å². The second-order valence-corrected chi connectivity index (χ2v) is 8.66. The zero-order valence-electron chi connectivity index (χ0n) is 17.0. The molecule has 1 aliphatic rings. The van der Waals surface area contributed by atoms with E-state index in [4.69, 9.17) is 0 Å². The molecule has 0 aliphatic heterocycles. The molecule has 1 saturated carbocycles. The summed E-state index contributed by atoms with van der Waals surface area (Å²) in [7, 11) is 0. The lowest BCUT2D eigenvalue weighted by Crippen LogP contribution is -2.34. The third-order valence-corrected chi connectivity index (χ3v) is 6.36. The van der Waals surface area contributed by atoms with Crippen LogP contribution in [0.2, 0.25) is 0 Å². The van der Waals surface area contributed by atoms with Gasteiger partial charge in [0.15, 0.2) is 0 Å². The molecule has 30 heavy (non-hydrogen) atoms. The minimum Gasteiger partial charge on any atom is -0.310 e. The van der Waals surface area contributed by atoms with Gasteiger partial charge in [-0.05, 0) is 61.9 Å². The van der Waals surface area contributed by atoms with Crippen LogP contribution >= 0.6 is 11.3 Å². The third-order valence-electron chi connectivity index (χ3n) is 5.50. The van der Waals surface area contributed by atoms with Gasteiger partial charge in [-0.25, -0.2) is 4.39 Å². The quantitative estimate of drug-likeness (QED) is 0.597. The Morgan fingerprint density at radius 2 is 2.13 bits per heavy atom. The second kappa shape index (κ2) is 8.42. The molecule has 0 atom stereocenters. The number of thiophene rings is 1. The minimum atomic E-state index is -0.370. The SMILES string of the molecule is Cc1c(C#N)c(NC(=O)CN(Cc2cccs2)C2CC2)n(-c2cccc(F)c2)c1C. The minimum absolute atomic E-state index is 0.176.